The van der Waals surface area contributed by atoms with E-state index in [1.807, 2.05) is 30.3 Å². The maximum Gasteiger partial charge on any atom is 0.145 e. The first-order valence-electron chi connectivity index (χ1n) is 13.5. The van der Waals surface area contributed by atoms with Gasteiger partial charge in [0.15, 0.2) is 0 Å². The average Bonchev–Trinajstić information content (AvgIpc) is 3.54. The van der Waals surface area contributed by atoms with E-state index in [1.54, 1.807) is 6.07 Å². The molecule has 0 aliphatic carbocycles. The maximum atomic E-state index is 9.47. The zero-order valence-corrected chi connectivity index (χ0v) is 22.6. The highest BCUT2D eigenvalue weighted by Crippen LogP contribution is 2.39. The predicted molar refractivity (Wildman–Crippen MR) is 163 cm³/mol. The van der Waals surface area contributed by atoms with Crippen LogP contribution in [0.1, 0.15) is 31.9 Å². The van der Waals surface area contributed by atoms with Gasteiger partial charge in [-0.15, -0.1) is 0 Å². The summed E-state index contributed by atoms with van der Waals surface area (Å²) in [7, 11) is 0. The van der Waals surface area contributed by atoms with Crippen LogP contribution >= 0.6 is 0 Å². The molecule has 4 heteroatoms. The first-order chi connectivity index (χ1) is 19.4. The van der Waals surface area contributed by atoms with Crippen molar-refractivity contribution in [2.75, 3.05) is 0 Å². The van der Waals surface area contributed by atoms with Gasteiger partial charge >= 0.3 is 0 Å². The molecule has 0 amide bonds. The molecule has 0 unspecified atom stereocenters. The Morgan fingerprint density at radius 2 is 1.40 bits per heavy atom. The summed E-state index contributed by atoms with van der Waals surface area (Å²) < 4.78 is 8.39. The van der Waals surface area contributed by atoms with E-state index in [0.717, 1.165) is 50.0 Å². The summed E-state index contributed by atoms with van der Waals surface area (Å²) >= 11 is 0. The number of imidazole rings is 1. The van der Waals surface area contributed by atoms with Crippen LogP contribution in [0.5, 0.6) is 0 Å². The molecular formula is C36H27N3O. The van der Waals surface area contributed by atoms with Gasteiger partial charge in [-0.05, 0) is 82.8 Å². The normalized spacial score (nSPS) is 11.8. The number of hydrogen-bond acceptors (Lipinski definition) is 3. The Labute approximate surface area is 232 Å². The lowest BCUT2D eigenvalue weighted by Crippen LogP contribution is -2.16. The number of rotatable bonds is 3. The smallest absolute Gasteiger partial charge is 0.145 e. The highest BCUT2D eigenvalue weighted by Gasteiger charge is 2.24. The fourth-order valence-electron chi connectivity index (χ4n) is 5.59. The van der Waals surface area contributed by atoms with Gasteiger partial charge in [0.05, 0.1) is 28.4 Å². The average molecular weight is 518 g/mol. The van der Waals surface area contributed by atoms with E-state index in [2.05, 4.69) is 104 Å². The van der Waals surface area contributed by atoms with E-state index in [4.69, 9.17) is 9.40 Å². The predicted octanol–water partition coefficient (Wildman–Crippen LogP) is 9.43. The fraction of sp³-hybridized carbons (Fsp3) is 0.111. The number of nitrogens with zero attached hydrogens (tertiary/aromatic N) is 3. The Morgan fingerprint density at radius 1 is 0.700 bits per heavy atom. The summed E-state index contributed by atoms with van der Waals surface area (Å²) in [6.45, 7) is 6.78. The molecule has 0 aliphatic heterocycles. The van der Waals surface area contributed by atoms with E-state index < -0.39 is 0 Å². The zero-order valence-electron chi connectivity index (χ0n) is 22.6. The number of nitriles is 1. The molecule has 192 valence electrons. The van der Waals surface area contributed by atoms with Crippen molar-refractivity contribution in [3.05, 3.63) is 120 Å². The van der Waals surface area contributed by atoms with Gasteiger partial charge in [0, 0.05) is 16.3 Å². The molecule has 4 nitrogen and oxygen atoms in total. The molecule has 0 atom stereocenters. The van der Waals surface area contributed by atoms with E-state index in [9.17, 15) is 5.26 Å². The van der Waals surface area contributed by atoms with E-state index in [1.165, 1.54) is 16.7 Å². The minimum atomic E-state index is -0.110. The summed E-state index contributed by atoms with van der Waals surface area (Å²) in [6, 6.07) is 39.6. The topological polar surface area (TPSA) is 54.8 Å². The van der Waals surface area contributed by atoms with Gasteiger partial charge in [-0.25, -0.2) is 4.98 Å². The summed E-state index contributed by atoms with van der Waals surface area (Å²) in [5.74, 6) is 0.867. The highest BCUT2D eigenvalue weighted by atomic mass is 16.3. The lowest BCUT2D eigenvalue weighted by atomic mass is 9.84. The van der Waals surface area contributed by atoms with E-state index >= 15 is 0 Å². The molecule has 0 radical (unpaired) electrons. The second-order valence-electron chi connectivity index (χ2n) is 11.2. The number of aromatic nitrogens is 2. The minimum absolute atomic E-state index is 0.110. The molecule has 40 heavy (non-hydrogen) atoms. The molecular weight excluding hydrogens is 490 g/mol. The highest BCUT2D eigenvalue weighted by molar-refractivity contribution is 6.06. The van der Waals surface area contributed by atoms with Crippen molar-refractivity contribution in [1.29, 1.82) is 5.26 Å². The van der Waals surface area contributed by atoms with Gasteiger partial charge in [-0.2, -0.15) is 5.26 Å². The molecule has 7 aromatic rings. The molecule has 0 fully saturated rings. The van der Waals surface area contributed by atoms with Crippen molar-refractivity contribution in [3.63, 3.8) is 0 Å². The molecule has 0 bridgehead atoms. The lowest BCUT2D eigenvalue weighted by Gasteiger charge is -2.25. The molecule has 5 aromatic carbocycles. The van der Waals surface area contributed by atoms with Crippen molar-refractivity contribution in [2.24, 2.45) is 0 Å². The molecule has 0 spiro atoms. The molecule has 2 heterocycles. The first kappa shape index (κ1) is 23.9. The Morgan fingerprint density at radius 3 is 2.17 bits per heavy atom. The van der Waals surface area contributed by atoms with Gasteiger partial charge in [-0.3, -0.25) is 4.57 Å². The summed E-state index contributed by atoms with van der Waals surface area (Å²) in [5, 5.41) is 11.4. The van der Waals surface area contributed by atoms with Crippen LogP contribution in [-0.4, -0.2) is 9.55 Å². The Kier molecular flexibility index (Phi) is 5.37. The molecule has 0 N–H and O–H groups in total. The number of benzene rings is 5. The second-order valence-corrected chi connectivity index (χ2v) is 11.2. The van der Waals surface area contributed by atoms with Crippen molar-refractivity contribution in [2.45, 2.75) is 26.2 Å². The zero-order chi connectivity index (χ0) is 27.4. The van der Waals surface area contributed by atoms with Crippen molar-refractivity contribution >= 4 is 33.0 Å². The van der Waals surface area contributed by atoms with Crippen LogP contribution < -0.4 is 0 Å². The minimum Gasteiger partial charge on any atom is -0.456 e. The fourth-order valence-corrected chi connectivity index (χ4v) is 5.59. The van der Waals surface area contributed by atoms with E-state index in [0.29, 0.717) is 5.56 Å². The van der Waals surface area contributed by atoms with Crippen LogP contribution in [0.4, 0.5) is 0 Å². The number of fused-ring (bicyclic) bond motifs is 4. The van der Waals surface area contributed by atoms with Crippen molar-refractivity contribution < 1.29 is 4.42 Å². The lowest BCUT2D eigenvalue weighted by molar-refractivity contribution is 0.587. The molecule has 0 saturated carbocycles. The quantitative estimate of drug-likeness (QED) is 0.235. The first-order valence-corrected chi connectivity index (χ1v) is 13.5. The third kappa shape index (κ3) is 3.87. The van der Waals surface area contributed by atoms with Crippen LogP contribution in [0.15, 0.2) is 114 Å². The summed E-state index contributed by atoms with van der Waals surface area (Å²) in [6.07, 6.45) is 0. The Balaban J connectivity index is 1.50. The van der Waals surface area contributed by atoms with Gasteiger partial charge < -0.3 is 4.42 Å². The number of para-hydroxylation sites is 2. The van der Waals surface area contributed by atoms with Crippen LogP contribution in [-0.2, 0) is 5.41 Å². The van der Waals surface area contributed by atoms with E-state index in [-0.39, 0.29) is 5.41 Å². The van der Waals surface area contributed by atoms with Crippen LogP contribution in [0, 0.1) is 11.3 Å². The third-order valence-corrected chi connectivity index (χ3v) is 7.57. The summed E-state index contributed by atoms with van der Waals surface area (Å²) in [5.41, 5.74) is 9.79. The summed E-state index contributed by atoms with van der Waals surface area (Å²) in [4.78, 5) is 5.15. The van der Waals surface area contributed by atoms with Gasteiger partial charge in [0.2, 0.25) is 0 Å². The third-order valence-electron chi connectivity index (χ3n) is 7.57. The van der Waals surface area contributed by atoms with Gasteiger partial charge in [0.25, 0.3) is 0 Å². The Bertz CT molecular complexity index is 2100. The largest absolute Gasteiger partial charge is 0.456 e. The standard InChI is InChI=1S/C36H27N3O/c1-36(2,3)29-21-25(24-9-5-4-6-10-24)14-16-31(29)39-32-12-8-7-11-30(32)38-35(39)26-15-18-34-28(20-26)27-19-23(22-37)13-17-33(27)40-34/h4-21H,1-3H3. The van der Waals surface area contributed by atoms with Crippen LogP contribution in [0.25, 0.3) is 61.2 Å². The number of furan rings is 1. The monoisotopic (exact) mass is 517 g/mol. The van der Waals surface area contributed by atoms with Crippen LogP contribution in [0.2, 0.25) is 0 Å². The molecule has 7 rings (SSSR count). The number of hydrogen-bond donors (Lipinski definition) is 0. The Hall–Kier alpha value is -5.14. The molecule has 0 aliphatic rings. The second kappa shape index (κ2) is 8.97. The SMILES string of the molecule is CC(C)(C)c1cc(-c2ccccc2)ccc1-n1c(-c2ccc3oc4ccc(C#N)cc4c3c2)nc2ccccc21. The molecule has 2 aromatic heterocycles. The van der Waals surface area contributed by atoms with Crippen LogP contribution in [0.3, 0.4) is 0 Å². The van der Waals surface area contributed by atoms with Gasteiger partial charge in [-0.1, -0.05) is 69.3 Å². The van der Waals surface area contributed by atoms with Crippen molar-refractivity contribution in [3.8, 4) is 34.3 Å². The van der Waals surface area contributed by atoms with Crippen molar-refractivity contribution in [1.82, 2.24) is 9.55 Å². The maximum absolute atomic E-state index is 9.47. The van der Waals surface area contributed by atoms with Gasteiger partial charge in [0.1, 0.15) is 17.0 Å². The molecule has 0 saturated heterocycles.